The summed E-state index contributed by atoms with van der Waals surface area (Å²) in [5, 5.41) is 0.300. The molecule has 2 rings (SSSR count). The van der Waals surface area contributed by atoms with Gasteiger partial charge in [-0.2, -0.15) is 11.8 Å². The van der Waals surface area contributed by atoms with Crippen LogP contribution in [0.15, 0.2) is 12.1 Å². The van der Waals surface area contributed by atoms with Gasteiger partial charge < -0.3 is 10.5 Å². The van der Waals surface area contributed by atoms with E-state index in [9.17, 15) is 4.39 Å². The number of hydrogen-bond acceptors (Lipinski definition) is 3. The highest BCUT2D eigenvalue weighted by molar-refractivity contribution is 7.99. The standard InChI is InChI=1S/C12H16FNOS/c1-3-10-12(14)11-7(6-16-10)9(15-2)5-4-8(11)13/h4-5,10,12H,3,6,14H2,1-2H3. The van der Waals surface area contributed by atoms with Crippen LogP contribution in [0, 0.1) is 5.82 Å². The average Bonchev–Trinajstić information content (AvgIpc) is 2.30. The van der Waals surface area contributed by atoms with Crippen LogP contribution in [0.2, 0.25) is 0 Å². The molecular weight excluding hydrogens is 225 g/mol. The maximum absolute atomic E-state index is 13.8. The quantitative estimate of drug-likeness (QED) is 0.864. The topological polar surface area (TPSA) is 35.2 Å². The Kier molecular flexibility index (Phi) is 3.40. The molecule has 2 unspecified atom stereocenters. The lowest BCUT2D eigenvalue weighted by molar-refractivity contribution is 0.406. The summed E-state index contributed by atoms with van der Waals surface area (Å²) in [4.78, 5) is 0. The molecule has 1 aliphatic heterocycles. The number of hydrogen-bond donors (Lipinski definition) is 1. The van der Waals surface area contributed by atoms with Crippen molar-refractivity contribution in [3.05, 3.63) is 29.1 Å². The molecule has 0 amide bonds. The van der Waals surface area contributed by atoms with Crippen molar-refractivity contribution < 1.29 is 9.13 Å². The second kappa shape index (κ2) is 4.63. The van der Waals surface area contributed by atoms with E-state index >= 15 is 0 Å². The monoisotopic (exact) mass is 241 g/mol. The molecule has 1 heterocycles. The van der Waals surface area contributed by atoms with E-state index in [0.29, 0.717) is 10.8 Å². The molecule has 1 aromatic rings. The third kappa shape index (κ3) is 1.80. The summed E-state index contributed by atoms with van der Waals surface area (Å²) in [6.07, 6.45) is 0.960. The smallest absolute Gasteiger partial charge is 0.128 e. The molecule has 2 N–H and O–H groups in total. The Morgan fingerprint density at radius 3 is 2.94 bits per heavy atom. The predicted molar refractivity (Wildman–Crippen MR) is 65.3 cm³/mol. The number of ether oxygens (including phenoxy) is 1. The second-order valence-electron chi connectivity index (χ2n) is 3.93. The first-order valence-electron chi connectivity index (χ1n) is 5.41. The third-order valence-electron chi connectivity index (χ3n) is 3.06. The van der Waals surface area contributed by atoms with E-state index in [1.165, 1.54) is 6.07 Å². The van der Waals surface area contributed by atoms with Crippen LogP contribution in [0.5, 0.6) is 5.75 Å². The molecule has 0 saturated heterocycles. The molecule has 0 aliphatic carbocycles. The van der Waals surface area contributed by atoms with Crippen LogP contribution < -0.4 is 10.5 Å². The number of thioether (sulfide) groups is 1. The van der Waals surface area contributed by atoms with Crippen molar-refractivity contribution in [3.63, 3.8) is 0 Å². The number of methoxy groups -OCH3 is 1. The normalized spacial score (nSPS) is 24.0. The molecule has 4 heteroatoms. The van der Waals surface area contributed by atoms with Gasteiger partial charge in [0.25, 0.3) is 0 Å². The Morgan fingerprint density at radius 1 is 1.56 bits per heavy atom. The van der Waals surface area contributed by atoms with Gasteiger partial charge in [0, 0.05) is 28.2 Å². The molecule has 0 spiro atoms. The molecule has 16 heavy (non-hydrogen) atoms. The van der Waals surface area contributed by atoms with Crippen molar-refractivity contribution in [3.8, 4) is 5.75 Å². The maximum Gasteiger partial charge on any atom is 0.128 e. The van der Waals surface area contributed by atoms with Gasteiger partial charge in [-0.15, -0.1) is 0 Å². The Morgan fingerprint density at radius 2 is 2.31 bits per heavy atom. The van der Waals surface area contributed by atoms with Crippen molar-refractivity contribution in [2.24, 2.45) is 5.73 Å². The molecule has 2 atom stereocenters. The fourth-order valence-electron chi connectivity index (χ4n) is 2.17. The van der Waals surface area contributed by atoms with Crippen molar-refractivity contribution in [1.29, 1.82) is 0 Å². The summed E-state index contributed by atoms with van der Waals surface area (Å²) >= 11 is 1.78. The molecule has 1 aromatic carbocycles. The van der Waals surface area contributed by atoms with Crippen molar-refractivity contribution in [2.45, 2.75) is 30.4 Å². The van der Waals surface area contributed by atoms with Gasteiger partial charge in [-0.1, -0.05) is 6.92 Å². The summed E-state index contributed by atoms with van der Waals surface area (Å²) < 4.78 is 19.1. The van der Waals surface area contributed by atoms with E-state index in [0.717, 1.165) is 23.5 Å². The van der Waals surface area contributed by atoms with Crippen LogP contribution in [-0.4, -0.2) is 12.4 Å². The van der Waals surface area contributed by atoms with E-state index in [2.05, 4.69) is 6.92 Å². The van der Waals surface area contributed by atoms with Crippen molar-refractivity contribution in [2.75, 3.05) is 7.11 Å². The lowest BCUT2D eigenvalue weighted by atomic mass is 9.96. The van der Waals surface area contributed by atoms with Gasteiger partial charge >= 0.3 is 0 Å². The first-order chi connectivity index (χ1) is 7.69. The third-order valence-corrected chi connectivity index (χ3v) is 4.57. The fraction of sp³-hybridized carbons (Fsp3) is 0.500. The fourth-order valence-corrected chi connectivity index (χ4v) is 3.43. The lowest BCUT2D eigenvalue weighted by Gasteiger charge is -2.31. The predicted octanol–water partition coefficient (Wildman–Crippen LogP) is 2.86. The summed E-state index contributed by atoms with van der Waals surface area (Å²) in [6.45, 7) is 2.08. The Balaban J connectivity index is 2.50. The van der Waals surface area contributed by atoms with Gasteiger partial charge in [-0.25, -0.2) is 4.39 Å². The largest absolute Gasteiger partial charge is 0.496 e. The minimum absolute atomic E-state index is 0.206. The number of benzene rings is 1. The molecule has 2 nitrogen and oxygen atoms in total. The minimum atomic E-state index is -0.228. The number of rotatable bonds is 2. The van der Waals surface area contributed by atoms with E-state index < -0.39 is 0 Å². The molecule has 0 aromatic heterocycles. The highest BCUT2D eigenvalue weighted by atomic mass is 32.2. The van der Waals surface area contributed by atoms with Crippen LogP contribution in [0.1, 0.15) is 30.5 Å². The first-order valence-corrected chi connectivity index (χ1v) is 6.46. The van der Waals surface area contributed by atoms with Gasteiger partial charge in [0.2, 0.25) is 0 Å². The van der Waals surface area contributed by atoms with Crippen LogP contribution in [0.3, 0.4) is 0 Å². The summed E-state index contributed by atoms with van der Waals surface area (Å²) in [5.41, 5.74) is 7.67. The zero-order chi connectivity index (χ0) is 11.7. The first kappa shape index (κ1) is 11.7. The number of halogens is 1. The SMILES string of the molecule is CCC1SCc2c(OC)ccc(F)c2C1N. The van der Waals surface area contributed by atoms with E-state index in [4.69, 9.17) is 10.5 Å². The summed E-state index contributed by atoms with van der Waals surface area (Å²) in [6, 6.07) is 2.89. The molecular formula is C12H16FNOS. The molecule has 1 aliphatic rings. The molecule has 0 radical (unpaired) electrons. The van der Waals surface area contributed by atoms with Crippen LogP contribution in [0.4, 0.5) is 4.39 Å². The van der Waals surface area contributed by atoms with Crippen molar-refractivity contribution >= 4 is 11.8 Å². The maximum atomic E-state index is 13.8. The Hall–Kier alpha value is -0.740. The van der Waals surface area contributed by atoms with Crippen LogP contribution in [-0.2, 0) is 5.75 Å². The zero-order valence-corrected chi connectivity index (χ0v) is 10.3. The minimum Gasteiger partial charge on any atom is -0.496 e. The van der Waals surface area contributed by atoms with Gasteiger partial charge in [-0.05, 0) is 18.6 Å². The average molecular weight is 241 g/mol. The summed E-state index contributed by atoms with van der Waals surface area (Å²) in [7, 11) is 1.61. The molecule has 0 bridgehead atoms. The Bertz CT molecular complexity index is 397. The number of nitrogens with two attached hydrogens (primary N) is 1. The molecule has 88 valence electrons. The molecule has 0 fully saturated rings. The lowest BCUT2D eigenvalue weighted by Crippen LogP contribution is -2.29. The van der Waals surface area contributed by atoms with Gasteiger partial charge in [0.05, 0.1) is 7.11 Å². The zero-order valence-electron chi connectivity index (χ0n) is 9.50. The van der Waals surface area contributed by atoms with Crippen LogP contribution >= 0.6 is 11.8 Å². The molecule has 0 saturated carbocycles. The Labute approximate surface area is 99.4 Å². The summed E-state index contributed by atoms with van der Waals surface area (Å²) in [5.74, 6) is 1.32. The second-order valence-corrected chi connectivity index (χ2v) is 5.15. The highest BCUT2D eigenvalue weighted by Gasteiger charge is 2.30. The number of fused-ring (bicyclic) bond motifs is 1. The van der Waals surface area contributed by atoms with E-state index in [1.54, 1.807) is 24.9 Å². The van der Waals surface area contributed by atoms with Crippen LogP contribution in [0.25, 0.3) is 0 Å². The van der Waals surface area contributed by atoms with Gasteiger partial charge in [-0.3, -0.25) is 0 Å². The highest BCUT2D eigenvalue weighted by Crippen LogP contribution is 2.42. The van der Waals surface area contributed by atoms with Crippen molar-refractivity contribution in [1.82, 2.24) is 0 Å². The van der Waals surface area contributed by atoms with Gasteiger partial charge in [0.1, 0.15) is 11.6 Å². The van der Waals surface area contributed by atoms with E-state index in [1.807, 2.05) is 0 Å². The van der Waals surface area contributed by atoms with Gasteiger partial charge in [0.15, 0.2) is 0 Å². The van der Waals surface area contributed by atoms with E-state index in [-0.39, 0.29) is 11.9 Å².